The molecule has 1 aromatic rings. The summed E-state index contributed by atoms with van der Waals surface area (Å²) < 4.78 is 0. The average Bonchev–Trinajstić information content (AvgIpc) is 2.68. The van der Waals surface area contributed by atoms with E-state index in [1.165, 1.54) is 24.1 Å². The van der Waals surface area contributed by atoms with Gasteiger partial charge in [-0.05, 0) is 69.2 Å². The molecule has 2 unspecified atom stereocenters. The standard InChI is InChI=1S/C15H23ClN2/c1-4-17-10-12-7-8-18(3)15(12)14-6-5-13(16)9-11(14)2/h5-6,9,12,15,17H,4,7-8,10H2,1-3H3. The lowest BCUT2D eigenvalue weighted by Crippen LogP contribution is -2.28. The van der Waals surface area contributed by atoms with Crippen molar-refractivity contribution >= 4 is 11.6 Å². The van der Waals surface area contributed by atoms with Crippen LogP contribution in [-0.2, 0) is 0 Å². The second-order valence-corrected chi connectivity index (χ2v) is 5.72. The lowest BCUT2D eigenvalue weighted by molar-refractivity contribution is 0.272. The molecule has 0 saturated carbocycles. The van der Waals surface area contributed by atoms with Crippen LogP contribution in [0.3, 0.4) is 0 Å². The first kappa shape index (κ1) is 13.9. The van der Waals surface area contributed by atoms with E-state index in [0.29, 0.717) is 12.0 Å². The zero-order valence-electron chi connectivity index (χ0n) is 11.5. The minimum atomic E-state index is 0.529. The first-order chi connectivity index (χ1) is 8.63. The zero-order valence-corrected chi connectivity index (χ0v) is 12.3. The van der Waals surface area contributed by atoms with Crippen molar-refractivity contribution < 1.29 is 0 Å². The van der Waals surface area contributed by atoms with Gasteiger partial charge in [0.25, 0.3) is 0 Å². The van der Waals surface area contributed by atoms with Crippen molar-refractivity contribution in [1.29, 1.82) is 0 Å². The predicted molar refractivity (Wildman–Crippen MR) is 78.2 cm³/mol. The summed E-state index contributed by atoms with van der Waals surface area (Å²) in [6, 6.07) is 6.82. The molecule has 100 valence electrons. The summed E-state index contributed by atoms with van der Waals surface area (Å²) in [6.07, 6.45) is 1.27. The molecule has 0 spiro atoms. The van der Waals surface area contributed by atoms with Gasteiger partial charge in [-0.2, -0.15) is 0 Å². The Morgan fingerprint density at radius 2 is 2.22 bits per heavy atom. The number of halogens is 1. The molecule has 0 bridgehead atoms. The number of hydrogen-bond acceptors (Lipinski definition) is 2. The van der Waals surface area contributed by atoms with Crippen molar-refractivity contribution in [2.75, 3.05) is 26.7 Å². The fraction of sp³-hybridized carbons (Fsp3) is 0.600. The molecule has 1 saturated heterocycles. The summed E-state index contributed by atoms with van der Waals surface area (Å²) in [7, 11) is 2.23. The summed E-state index contributed by atoms with van der Waals surface area (Å²) in [4.78, 5) is 2.47. The molecule has 0 radical (unpaired) electrons. The van der Waals surface area contributed by atoms with Crippen LogP contribution in [0.1, 0.15) is 30.5 Å². The minimum absolute atomic E-state index is 0.529. The molecular weight excluding hydrogens is 244 g/mol. The maximum absolute atomic E-state index is 6.05. The highest BCUT2D eigenvalue weighted by molar-refractivity contribution is 6.30. The molecule has 2 nitrogen and oxygen atoms in total. The molecule has 1 aliphatic heterocycles. The molecule has 1 aromatic carbocycles. The van der Waals surface area contributed by atoms with Crippen LogP contribution < -0.4 is 5.32 Å². The number of rotatable bonds is 4. The van der Waals surface area contributed by atoms with Gasteiger partial charge in [-0.1, -0.05) is 24.6 Å². The smallest absolute Gasteiger partial charge is 0.0408 e. The normalized spacial score (nSPS) is 24.7. The van der Waals surface area contributed by atoms with Gasteiger partial charge in [0.2, 0.25) is 0 Å². The van der Waals surface area contributed by atoms with Crippen molar-refractivity contribution in [2.24, 2.45) is 5.92 Å². The second-order valence-electron chi connectivity index (χ2n) is 5.28. The van der Waals surface area contributed by atoms with Crippen LogP contribution >= 0.6 is 11.6 Å². The third kappa shape index (κ3) is 2.87. The van der Waals surface area contributed by atoms with Crippen molar-refractivity contribution in [1.82, 2.24) is 10.2 Å². The molecule has 3 heteroatoms. The zero-order chi connectivity index (χ0) is 13.1. The molecule has 1 heterocycles. The number of likely N-dealkylation sites (tertiary alicyclic amines) is 1. The maximum atomic E-state index is 6.05. The van der Waals surface area contributed by atoms with Crippen molar-refractivity contribution in [2.45, 2.75) is 26.3 Å². The van der Waals surface area contributed by atoms with E-state index in [1.807, 2.05) is 6.07 Å². The average molecular weight is 267 g/mol. The first-order valence-electron chi connectivity index (χ1n) is 6.80. The molecular formula is C15H23ClN2. The lowest BCUT2D eigenvalue weighted by Gasteiger charge is -2.27. The van der Waals surface area contributed by atoms with Gasteiger partial charge in [0, 0.05) is 11.1 Å². The third-order valence-corrected chi connectivity index (χ3v) is 4.22. The number of nitrogens with one attached hydrogen (secondary N) is 1. The maximum Gasteiger partial charge on any atom is 0.0408 e. The number of nitrogens with zero attached hydrogens (tertiary/aromatic N) is 1. The minimum Gasteiger partial charge on any atom is -0.317 e. The van der Waals surface area contributed by atoms with E-state index in [2.05, 4.69) is 43.2 Å². The predicted octanol–water partition coefficient (Wildman–Crippen LogP) is 3.25. The molecule has 18 heavy (non-hydrogen) atoms. The molecule has 2 atom stereocenters. The van der Waals surface area contributed by atoms with Gasteiger partial charge in [0.05, 0.1) is 0 Å². The van der Waals surface area contributed by atoms with E-state index < -0.39 is 0 Å². The Morgan fingerprint density at radius 3 is 2.89 bits per heavy atom. The van der Waals surface area contributed by atoms with Crippen molar-refractivity contribution in [3.05, 3.63) is 34.3 Å². The molecule has 0 aromatic heterocycles. The molecule has 0 amide bonds. The highest BCUT2D eigenvalue weighted by Crippen LogP contribution is 2.37. The molecule has 1 fully saturated rings. The van der Waals surface area contributed by atoms with Crippen LogP contribution in [0.25, 0.3) is 0 Å². The molecule has 1 N–H and O–H groups in total. The van der Waals surface area contributed by atoms with Crippen molar-refractivity contribution in [3.63, 3.8) is 0 Å². The van der Waals surface area contributed by atoms with E-state index in [9.17, 15) is 0 Å². The Hall–Kier alpha value is -0.570. The fourth-order valence-corrected chi connectivity index (χ4v) is 3.26. The van der Waals surface area contributed by atoms with Crippen LogP contribution in [0.15, 0.2) is 18.2 Å². The summed E-state index contributed by atoms with van der Waals surface area (Å²) in [5.41, 5.74) is 2.74. The van der Waals surface area contributed by atoms with Gasteiger partial charge < -0.3 is 5.32 Å². The van der Waals surface area contributed by atoms with E-state index in [4.69, 9.17) is 11.6 Å². The number of hydrogen-bond donors (Lipinski definition) is 1. The van der Waals surface area contributed by atoms with Crippen LogP contribution in [0.5, 0.6) is 0 Å². The van der Waals surface area contributed by atoms with E-state index in [0.717, 1.165) is 18.1 Å². The Bertz CT molecular complexity index is 405. The Balaban J connectivity index is 2.22. The highest BCUT2D eigenvalue weighted by Gasteiger charge is 2.33. The largest absolute Gasteiger partial charge is 0.317 e. The lowest BCUT2D eigenvalue weighted by atomic mass is 9.91. The van der Waals surface area contributed by atoms with Crippen LogP contribution in [0, 0.1) is 12.8 Å². The Labute approximate surface area is 115 Å². The van der Waals surface area contributed by atoms with E-state index >= 15 is 0 Å². The monoisotopic (exact) mass is 266 g/mol. The molecule has 0 aliphatic carbocycles. The Morgan fingerprint density at radius 1 is 1.44 bits per heavy atom. The summed E-state index contributed by atoms with van der Waals surface area (Å²) in [5.74, 6) is 0.704. The molecule has 1 aliphatic rings. The fourth-order valence-electron chi connectivity index (χ4n) is 3.03. The van der Waals surface area contributed by atoms with Gasteiger partial charge >= 0.3 is 0 Å². The topological polar surface area (TPSA) is 15.3 Å². The van der Waals surface area contributed by atoms with Crippen LogP contribution in [0.4, 0.5) is 0 Å². The quantitative estimate of drug-likeness (QED) is 0.900. The summed E-state index contributed by atoms with van der Waals surface area (Å²) in [6.45, 7) is 7.67. The molecule has 2 rings (SSSR count). The van der Waals surface area contributed by atoms with Crippen LogP contribution in [0.2, 0.25) is 5.02 Å². The summed E-state index contributed by atoms with van der Waals surface area (Å²) in [5, 5.41) is 4.32. The van der Waals surface area contributed by atoms with E-state index in [-0.39, 0.29) is 0 Å². The number of benzene rings is 1. The van der Waals surface area contributed by atoms with Gasteiger partial charge in [-0.25, -0.2) is 0 Å². The van der Waals surface area contributed by atoms with E-state index in [1.54, 1.807) is 0 Å². The van der Waals surface area contributed by atoms with Gasteiger partial charge in [0.1, 0.15) is 0 Å². The number of aryl methyl sites for hydroxylation is 1. The SMILES string of the molecule is CCNCC1CCN(C)C1c1ccc(Cl)cc1C. The first-order valence-corrected chi connectivity index (χ1v) is 7.18. The van der Waals surface area contributed by atoms with Crippen LogP contribution in [-0.4, -0.2) is 31.6 Å². The Kier molecular flexibility index (Phi) is 4.66. The van der Waals surface area contributed by atoms with Gasteiger partial charge in [-0.15, -0.1) is 0 Å². The third-order valence-electron chi connectivity index (χ3n) is 3.98. The van der Waals surface area contributed by atoms with Gasteiger partial charge in [0.15, 0.2) is 0 Å². The second kappa shape index (κ2) is 6.05. The van der Waals surface area contributed by atoms with Gasteiger partial charge in [-0.3, -0.25) is 4.90 Å². The summed E-state index contributed by atoms with van der Waals surface area (Å²) >= 11 is 6.05. The highest BCUT2D eigenvalue weighted by atomic mass is 35.5. The van der Waals surface area contributed by atoms with Crippen molar-refractivity contribution in [3.8, 4) is 0 Å².